The highest BCUT2D eigenvalue weighted by molar-refractivity contribution is 6.06. The van der Waals surface area contributed by atoms with Gasteiger partial charge < -0.3 is 15.0 Å². The van der Waals surface area contributed by atoms with E-state index < -0.39 is 17.7 Å². The molecule has 152 valence electrons. The maximum absolute atomic E-state index is 13.1. The van der Waals surface area contributed by atoms with Crippen molar-refractivity contribution >= 4 is 33.9 Å². The number of esters is 1. The predicted octanol–water partition coefficient (Wildman–Crippen LogP) is 5.24. The third-order valence-electron chi connectivity index (χ3n) is 4.34. The number of nitrogens with one attached hydrogen (secondary N) is 1. The normalized spacial score (nSPS) is 11.4. The van der Waals surface area contributed by atoms with Gasteiger partial charge in [-0.25, -0.2) is 4.79 Å². The van der Waals surface area contributed by atoms with Gasteiger partial charge in [-0.05, 0) is 43.3 Å². The van der Waals surface area contributed by atoms with Crippen molar-refractivity contribution in [2.45, 2.75) is 13.1 Å². The first-order chi connectivity index (χ1) is 13.7. The fourth-order valence-electron chi connectivity index (χ4n) is 2.86. The van der Waals surface area contributed by atoms with Crippen LogP contribution in [0.5, 0.6) is 0 Å². The SMILES string of the molecule is CCOC(=O)c1cnc2cc(C(F)(F)F)ccc2c1Nc1ccc(N(C)C)cc1. The first-order valence-corrected chi connectivity index (χ1v) is 8.92. The number of anilines is 3. The molecular formula is C21H20F3N3O2. The van der Waals surface area contributed by atoms with Gasteiger partial charge in [-0.3, -0.25) is 4.98 Å². The van der Waals surface area contributed by atoms with Crippen LogP contribution in [0.25, 0.3) is 10.9 Å². The Kier molecular flexibility index (Phi) is 5.63. The maximum atomic E-state index is 13.1. The number of alkyl halides is 3. The van der Waals surface area contributed by atoms with Gasteiger partial charge in [-0.1, -0.05) is 6.07 Å². The highest BCUT2D eigenvalue weighted by Gasteiger charge is 2.31. The first-order valence-electron chi connectivity index (χ1n) is 8.92. The van der Waals surface area contributed by atoms with Gasteiger partial charge in [0, 0.05) is 37.1 Å². The van der Waals surface area contributed by atoms with Crippen molar-refractivity contribution in [1.29, 1.82) is 0 Å². The molecule has 8 heteroatoms. The van der Waals surface area contributed by atoms with E-state index in [0.29, 0.717) is 16.8 Å². The zero-order valence-corrected chi connectivity index (χ0v) is 16.2. The average Bonchev–Trinajstić information content (AvgIpc) is 2.67. The summed E-state index contributed by atoms with van der Waals surface area (Å²) < 4.78 is 44.2. The second kappa shape index (κ2) is 7.98. The maximum Gasteiger partial charge on any atom is 0.416 e. The molecule has 29 heavy (non-hydrogen) atoms. The van der Waals surface area contributed by atoms with Gasteiger partial charge >= 0.3 is 12.1 Å². The molecular weight excluding hydrogens is 383 g/mol. The first kappa shape index (κ1) is 20.4. The van der Waals surface area contributed by atoms with Gasteiger partial charge in [-0.15, -0.1) is 0 Å². The number of ether oxygens (including phenoxy) is 1. The molecule has 3 aromatic rings. The molecule has 2 aromatic carbocycles. The van der Waals surface area contributed by atoms with E-state index in [1.165, 1.54) is 12.3 Å². The number of aromatic nitrogens is 1. The van der Waals surface area contributed by atoms with Crippen molar-refractivity contribution in [3.63, 3.8) is 0 Å². The highest BCUT2D eigenvalue weighted by Crippen LogP contribution is 2.35. The predicted molar refractivity (Wildman–Crippen MR) is 107 cm³/mol. The third kappa shape index (κ3) is 4.42. The number of nitrogens with zero attached hydrogens (tertiary/aromatic N) is 2. The van der Waals surface area contributed by atoms with E-state index in [4.69, 9.17) is 4.74 Å². The van der Waals surface area contributed by atoms with Gasteiger partial charge in [0.1, 0.15) is 5.56 Å². The molecule has 0 saturated carbocycles. The lowest BCUT2D eigenvalue weighted by molar-refractivity contribution is -0.137. The van der Waals surface area contributed by atoms with Crippen LogP contribution in [-0.4, -0.2) is 31.7 Å². The number of carbonyl (C=O) groups is 1. The topological polar surface area (TPSA) is 54.5 Å². The summed E-state index contributed by atoms with van der Waals surface area (Å²) >= 11 is 0. The molecule has 1 aromatic heterocycles. The van der Waals surface area contributed by atoms with E-state index in [0.717, 1.165) is 17.8 Å². The van der Waals surface area contributed by atoms with Crippen LogP contribution in [0.4, 0.5) is 30.2 Å². The van der Waals surface area contributed by atoms with Crippen molar-refractivity contribution in [1.82, 2.24) is 4.98 Å². The van der Waals surface area contributed by atoms with Gasteiger partial charge in [0.25, 0.3) is 0 Å². The lowest BCUT2D eigenvalue weighted by Gasteiger charge is -2.17. The summed E-state index contributed by atoms with van der Waals surface area (Å²) in [5, 5.41) is 3.53. The zero-order valence-electron chi connectivity index (χ0n) is 16.2. The lowest BCUT2D eigenvalue weighted by atomic mass is 10.1. The van der Waals surface area contributed by atoms with Crippen LogP contribution in [0.15, 0.2) is 48.7 Å². The molecule has 0 amide bonds. The molecule has 0 saturated heterocycles. The van der Waals surface area contributed by atoms with E-state index in [2.05, 4.69) is 10.3 Å². The Morgan fingerprint density at radius 2 is 1.83 bits per heavy atom. The number of hydrogen-bond donors (Lipinski definition) is 1. The van der Waals surface area contributed by atoms with Crippen LogP contribution in [0.3, 0.4) is 0 Å². The second-order valence-corrected chi connectivity index (χ2v) is 6.56. The molecule has 1 N–H and O–H groups in total. The van der Waals surface area contributed by atoms with Gasteiger partial charge in [0.05, 0.1) is 23.4 Å². The van der Waals surface area contributed by atoms with Crippen LogP contribution in [0, 0.1) is 0 Å². The van der Waals surface area contributed by atoms with Gasteiger partial charge in [0.2, 0.25) is 0 Å². The Hall–Kier alpha value is -3.29. The monoisotopic (exact) mass is 403 g/mol. The van der Waals surface area contributed by atoms with E-state index in [-0.39, 0.29) is 17.7 Å². The molecule has 1 heterocycles. The summed E-state index contributed by atoms with van der Waals surface area (Å²) in [5.74, 6) is -0.603. The number of carbonyl (C=O) groups excluding carboxylic acids is 1. The zero-order chi connectivity index (χ0) is 21.2. The Morgan fingerprint density at radius 1 is 1.14 bits per heavy atom. The smallest absolute Gasteiger partial charge is 0.416 e. The fourth-order valence-corrected chi connectivity index (χ4v) is 2.86. The van der Waals surface area contributed by atoms with Crippen molar-refractivity contribution in [3.05, 3.63) is 59.8 Å². The minimum atomic E-state index is -4.48. The van der Waals surface area contributed by atoms with E-state index in [9.17, 15) is 18.0 Å². The number of benzene rings is 2. The number of rotatable bonds is 5. The van der Waals surface area contributed by atoms with Crippen molar-refractivity contribution < 1.29 is 22.7 Å². The lowest BCUT2D eigenvalue weighted by Crippen LogP contribution is -2.10. The summed E-state index contributed by atoms with van der Waals surface area (Å²) in [6.07, 6.45) is -3.25. The third-order valence-corrected chi connectivity index (χ3v) is 4.34. The summed E-state index contributed by atoms with van der Waals surface area (Å²) in [5.41, 5.74) is 1.47. The number of fused-ring (bicyclic) bond motifs is 1. The molecule has 0 radical (unpaired) electrons. The van der Waals surface area contributed by atoms with Gasteiger partial charge in [0.15, 0.2) is 0 Å². The molecule has 0 aliphatic heterocycles. The molecule has 0 aliphatic carbocycles. The van der Waals surface area contributed by atoms with Crippen molar-refractivity contribution in [2.24, 2.45) is 0 Å². The quantitative estimate of drug-likeness (QED) is 0.591. The van der Waals surface area contributed by atoms with E-state index in [1.807, 2.05) is 43.3 Å². The second-order valence-electron chi connectivity index (χ2n) is 6.56. The molecule has 0 atom stereocenters. The van der Waals surface area contributed by atoms with Crippen LogP contribution in [0.1, 0.15) is 22.8 Å². The van der Waals surface area contributed by atoms with E-state index in [1.54, 1.807) is 6.92 Å². The molecule has 3 rings (SSSR count). The Balaban J connectivity index is 2.11. The Labute approximate surface area is 166 Å². The summed E-state index contributed by atoms with van der Waals surface area (Å²) in [7, 11) is 3.83. The Morgan fingerprint density at radius 3 is 2.41 bits per heavy atom. The van der Waals surface area contributed by atoms with Gasteiger partial charge in [-0.2, -0.15) is 13.2 Å². The fraction of sp³-hybridized carbons (Fsp3) is 0.238. The average molecular weight is 403 g/mol. The summed E-state index contributed by atoms with van der Waals surface area (Å²) in [6, 6.07) is 10.7. The summed E-state index contributed by atoms with van der Waals surface area (Å²) in [6.45, 7) is 1.84. The molecule has 0 unspecified atom stereocenters. The minimum absolute atomic E-state index is 0.125. The highest BCUT2D eigenvalue weighted by atomic mass is 19.4. The molecule has 0 aliphatic rings. The van der Waals surface area contributed by atoms with E-state index >= 15 is 0 Å². The molecule has 0 spiro atoms. The summed E-state index contributed by atoms with van der Waals surface area (Å²) in [4.78, 5) is 18.4. The van der Waals surface area contributed by atoms with Crippen LogP contribution in [0.2, 0.25) is 0 Å². The number of pyridine rings is 1. The molecule has 0 bridgehead atoms. The minimum Gasteiger partial charge on any atom is -0.462 e. The van der Waals surface area contributed by atoms with Crippen LogP contribution < -0.4 is 10.2 Å². The van der Waals surface area contributed by atoms with Crippen LogP contribution >= 0.6 is 0 Å². The Bertz CT molecular complexity index is 1030. The number of halogens is 3. The largest absolute Gasteiger partial charge is 0.462 e. The molecule has 0 fully saturated rings. The standard InChI is InChI=1S/C21H20F3N3O2/c1-4-29-20(28)17-12-25-18-11-13(21(22,23)24)5-10-16(18)19(17)26-14-6-8-15(9-7-14)27(2)3/h5-12H,4H2,1-3H3,(H,25,26). The van der Waals surface area contributed by atoms with Crippen molar-refractivity contribution in [2.75, 3.05) is 30.9 Å². The van der Waals surface area contributed by atoms with Crippen molar-refractivity contribution in [3.8, 4) is 0 Å². The van der Waals surface area contributed by atoms with Crippen LogP contribution in [-0.2, 0) is 10.9 Å². The number of hydrogen-bond acceptors (Lipinski definition) is 5. The molecule has 5 nitrogen and oxygen atoms in total.